The van der Waals surface area contributed by atoms with Crippen LogP contribution in [0.15, 0.2) is 29.1 Å². The molecule has 0 radical (unpaired) electrons. The number of H-pyrrole nitrogens is 1. The smallest absolute Gasteiger partial charge is 0.437 e. The predicted octanol–water partition coefficient (Wildman–Crippen LogP) is 4.69. The number of aromatic nitrogens is 4. The van der Waals surface area contributed by atoms with Gasteiger partial charge in [0, 0.05) is 11.8 Å². The highest BCUT2D eigenvalue weighted by molar-refractivity contribution is 6.42. The normalized spacial score (nSPS) is 11.7. The molecule has 0 bridgehead atoms. The Bertz CT molecular complexity index is 1080. The molecule has 0 fully saturated rings. The number of benzene rings is 1. The van der Waals surface area contributed by atoms with E-state index in [1.807, 2.05) is 0 Å². The number of nitrogens with zero attached hydrogens (tertiary/aromatic N) is 3. The molecule has 11 heteroatoms. The average molecular weight is 419 g/mol. The van der Waals surface area contributed by atoms with Crippen molar-refractivity contribution in [2.24, 2.45) is 0 Å². The van der Waals surface area contributed by atoms with Crippen LogP contribution in [0.3, 0.4) is 0 Å². The first-order valence-corrected chi connectivity index (χ1v) is 8.20. The zero-order valence-electron chi connectivity index (χ0n) is 13.9. The van der Waals surface area contributed by atoms with Gasteiger partial charge in [-0.1, -0.05) is 23.2 Å². The quantitative estimate of drug-likeness (QED) is 0.669. The molecule has 0 atom stereocenters. The summed E-state index contributed by atoms with van der Waals surface area (Å²) in [6.45, 7) is 3.28. The Kier molecular flexibility index (Phi) is 4.92. The van der Waals surface area contributed by atoms with Gasteiger partial charge in [0.15, 0.2) is 5.69 Å². The SMILES string of the molecule is Cc1cc(C)n(-c2nc(C(F)(F)F)c(Oc3ccc(Cl)c(Cl)c3)c(=O)[nH]2)n1. The molecule has 2 aromatic heterocycles. The van der Waals surface area contributed by atoms with Gasteiger partial charge in [-0.25, -0.2) is 9.67 Å². The van der Waals surface area contributed by atoms with Crippen LogP contribution in [0.5, 0.6) is 11.5 Å². The molecular formula is C16H11Cl2F3N4O2. The Balaban J connectivity index is 2.15. The lowest BCUT2D eigenvalue weighted by Crippen LogP contribution is -2.23. The minimum Gasteiger partial charge on any atom is -0.449 e. The molecule has 6 nitrogen and oxygen atoms in total. The molecule has 142 valence electrons. The Morgan fingerprint density at radius 1 is 1.15 bits per heavy atom. The maximum absolute atomic E-state index is 13.5. The molecule has 0 spiro atoms. The maximum Gasteiger partial charge on any atom is 0.437 e. The summed E-state index contributed by atoms with van der Waals surface area (Å²) >= 11 is 11.6. The third kappa shape index (κ3) is 3.93. The van der Waals surface area contributed by atoms with Gasteiger partial charge in [-0.05, 0) is 32.0 Å². The zero-order valence-corrected chi connectivity index (χ0v) is 15.4. The van der Waals surface area contributed by atoms with E-state index in [1.165, 1.54) is 18.2 Å². The first kappa shape index (κ1) is 19.2. The lowest BCUT2D eigenvalue weighted by atomic mass is 10.3. The molecule has 0 saturated heterocycles. The number of hydrogen-bond donors (Lipinski definition) is 1. The molecule has 0 aliphatic carbocycles. The third-order valence-corrected chi connectivity index (χ3v) is 4.19. The fourth-order valence-corrected chi connectivity index (χ4v) is 2.63. The van der Waals surface area contributed by atoms with Crippen molar-refractivity contribution in [3.8, 4) is 17.4 Å². The van der Waals surface area contributed by atoms with Gasteiger partial charge in [-0.3, -0.25) is 9.78 Å². The third-order valence-electron chi connectivity index (χ3n) is 3.45. The highest BCUT2D eigenvalue weighted by Crippen LogP contribution is 2.36. The van der Waals surface area contributed by atoms with E-state index in [-0.39, 0.29) is 21.7 Å². The number of hydrogen-bond acceptors (Lipinski definition) is 4. The lowest BCUT2D eigenvalue weighted by molar-refractivity contribution is -0.142. The summed E-state index contributed by atoms with van der Waals surface area (Å²) in [7, 11) is 0. The van der Waals surface area contributed by atoms with Crippen molar-refractivity contribution in [1.29, 1.82) is 0 Å². The second-order valence-electron chi connectivity index (χ2n) is 5.58. The summed E-state index contributed by atoms with van der Waals surface area (Å²) in [5.74, 6) is -1.48. The average Bonchev–Trinajstić information content (AvgIpc) is 2.90. The Morgan fingerprint density at radius 2 is 1.85 bits per heavy atom. The van der Waals surface area contributed by atoms with E-state index in [9.17, 15) is 18.0 Å². The number of halogens is 5. The van der Waals surface area contributed by atoms with E-state index >= 15 is 0 Å². The van der Waals surface area contributed by atoms with Crippen LogP contribution >= 0.6 is 23.2 Å². The van der Waals surface area contributed by atoms with Gasteiger partial charge < -0.3 is 4.74 Å². The standard InChI is InChI=1S/C16H11Cl2F3N4O2/c1-7-5-8(2)25(24-7)15-22-13(16(19,20)21)12(14(26)23-15)27-9-3-4-10(17)11(18)6-9/h3-6H,1-2H3,(H,22,23,26). The number of aryl methyl sites for hydroxylation is 2. The first-order valence-electron chi connectivity index (χ1n) is 7.44. The molecule has 0 aliphatic heterocycles. The number of ether oxygens (including phenoxy) is 1. The van der Waals surface area contributed by atoms with E-state index in [2.05, 4.69) is 15.1 Å². The molecule has 3 rings (SSSR count). The largest absolute Gasteiger partial charge is 0.449 e. The summed E-state index contributed by atoms with van der Waals surface area (Å²) in [5, 5.41) is 4.27. The molecule has 0 unspecified atom stereocenters. The summed E-state index contributed by atoms with van der Waals surface area (Å²) in [6, 6.07) is 5.44. The van der Waals surface area contributed by atoms with Crippen molar-refractivity contribution < 1.29 is 17.9 Å². The van der Waals surface area contributed by atoms with Crippen molar-refractivity contribution in [3.05, 3.63) is 61.7 Å². The molecular weight excluding hydrogens is 408 g/mol. The Morgan fingerprint density at radius 3 is 2.41 bits per heavy atom. The van der Waals surface area contributed by atoms with Crippen molar-refractivity contribution in [2.75, 3.05) is 0 Å². The number of nitrogens with one attached hydrogen (secondary N) is 1. The second kappa shape index (κ2) is 6.90. The Labute approximate surface area is 160 Å². The van der Waals surface area contributed by atoms with Crippen molar-refractivity contribution in [3.63, 3.8) is 0 Å². The van der Waals surface area contributed by atoms with E-state index < -0.39 is 23.2 Å². The second-order valence-corrected chi connectivity index (χ2v) is 6.40. The molecule has 3 aromatic rings. The van der Waals surface area contributed by atoms with Gasteiger partial charge in [-0.2, -0.15) is 18.3 Å². The van der Waals surface area contributed by atoms with Crippen LogP contribution in [0, 0.1) is 13.8 Å². The van der Waals surface area contributed by atoms with Crippen molar-refractivity contribution in [1.82, 2.24) is 19.7 Å². The summed E-state index contributed by atoms with van der Waals surface area (Å²) in [5.41, 5.74) is -1.55. The van der Waals surface area contributed by atoms with Gasteiger partial charge in [-0.15, -0.1) is 0 Å². The number of rotatable bonds is 3. The van der Waals surface area contributed by atoms with E-state index in [0.717, 1.165) is 4.68 Å². The van der Waals surface area contributed by atoms with Gasteiger partial charge >= 0.3 is 6.18 Å². The van der Waals surface area contributed by atoms with Crippen molar-refractivity contribution >= 4 is 23.2 Å². The minimum absolute atomic E-state index is 0.0615. The summed E-state index contributed by atoms with van der Waals surface area (Å²) in [6.07, 6.45) is -4.94. The van der Waals surface area contributed by atoms with Gasteiger partial charge in [0.25, 0.3) is 5.56 Å². The van der Waals surface area contributed by atoms with Crippen molar-refractivity contribution in [2.45, 2.75) is 20.0 Å². The van der Waals surface area contributed by atoms with E-state index in [4.69, 9.17) is 27.9 Å². The number of alkyl halides is 3. The minimum atomic E-state index is -4.94. The van der Waals surface area contributed by atoms with E-state index in [1.54, 1.807) is 19.9 Å². The van der Waals surface area contributed by atoms with Crippen LogP contribution in [-0.4, -0.2) is 19.7 Å². The van der Waals surface area contributed by atoms with Gasteiger partial charge in [0.05, 0.1) is 15.7 Å². The van der Waals surface area contributed by atoms with Gasteiger partial charge in [0.1, 0.15) is 5.75 Å². The molecule has 0 aliphatic rings. The predicted molar refractivity (Wildman–Crippen MR) is 93.0 cm³/mol. The molecule has 0 amide bonds. The van der Waals surface area contributed by atoms with Gasteiger partial charge in [0.2, 0.25) is 11.7 Å². The zero-order chi connectivity index (χ0) is 19.9. The molecule has 1 aromatic carbocycles. The van der Waals surface area contributed by atoms with Crippen LogP contribution in [0.4, 0.5) is 13.2 Å². The fourth-order valence-electron chi connectivity index (χ4n) is 2.34. The fraction of sp³-hybridized carbons (Fsp3) is 0.188. The van der Waals surface area contributed by atoms with Crippen LogP contribution in [0.1, 0.15) is 17.1 Å². The molecule has 27 heavy (non-hydrogen) atoms. The van der Waals surface area contributed by atoms with Crippen LogP contribution in [0.2, 0.25) is 10.0 Å². The molecule has 2 heterocycles. The highest BCUT2D eigenvalue weighted by Gasteiger charge is 2.39. The van der Waals surface area contributed by atoms with Crippen LogP contribution < -0.4 is 10.3 Å². The lowest BCUT2D eigenvalue weighted by Gasteiger charge is -2.14. The van der Waals surface area contributed by atoms with Crippen LogP contribution in [0.25, 0.3) is 5.95 Å². The molecule has 0 saturated carbocycles. The van der Waals surface area contributed by atoms with E-state index in [0.29, 0.717) is 11.4 Å². The topological polar surface area (TPSA) is 72.8 Å². The Hall–Kier alpha value is -2.52. The summed E-state index contributed by atoms with van der Waals surface area (Å²) < 4.78 is 46.7. The summed E-state index contributed by atoms with van der Waals surface area (Å²) in [4.78, 5) is 18.1. The monoisotopic (exact) mass is 418 g/mol. The number of aromatic amines is 1. The maximum atomic E-state index is 13.5. The molecule has 1 N–H and O–H groups in total. The first-order chi connectivity index (χ1) is 12.6. The highest BCUT2D eigenvalue weighted by atomic mass is 35.5. The van der Waals surface area contributed by atoms with Crippen LogP contribution in [-0.2, 0) is 6.18 Å².